The highest BCUT2D eigenvalue weighted by atomic mass is 127. The van der Waals surface area contributed by atoms with Crippen LogP contribution in [0.5, 0.6) is 0 Å². The van der Waals surface area contributed by atoms with Crippen LogP contribution < -0.4 is 0 Å². The van der Waals surface area contributed by atoms with Gasteiger partial charge in [0.1, 0.15) is 0 Å². The molecule has 0 saturated carbocycles. The molecule has 1 N–H and O–H groups in total. The second-order valence-electron chi connectivity index (χ2n) is 2.36. The van der Waals surface area contributed by atoms with Gasteiger partial charge in [-0.1, -0.05) is 0 Å². The highest BCUT2D eigenvalue weighted by Gasteiger charge is 2.16. The fraction of sp³-hybridized carbons (Fsp3) is 0. The number of aromatic nitrogens is 3. The standard InChI is InChI=1S/C7H4IN3O2/c8-4-5(7(12)13)10-11-3-1-2-9-6(4)11/h1-3H,(H,12,13). The van der Waals surface area contributed by atoms with Crippen molar-refractivity contribution in [3.8, 4) is 0 Å². The Kier molecular flexibility index (Phi) is 1.91. The summed E-state index contributed by atoms with van der Waals surface area (Å²) in [4.78, 5) is 14.7. The van der Waals surface area contributed by atoms with E-state index < -0.39 is 5.97 Å². The van der Waals surface area contributed by atoms with Crippen LogP contribution in [0, 0.1) is 3.57 Å². The molecule has 0 unspecified atom stereocenters. The van der Waals surface area contributed by atoms with E-state index in [1.165, 1.54) is 4.52 Å². The van der Waals surface area contributed by atoms with Gasteiger partial charge in [-0.05, 0) is 28.7 Å². The number of hydrogen-bond acceptors (Lipinski definition) is 3. The molecule has 2 rings (SSSR count). The third kappa shape index (κ3) is 1.26. The normalized spacial score (nSPS) is 10.5. The zero-order valence-corrected chi connectivity index (χ0v) is 8.46. The molecule has 0 atom stereocenters. The average molecular weight is 289 g/mol. The Balaban J connectivity index is 2.81. The summed E-state index contributed by atoms with van der Waals surface area (Å²) in [6.07, 6.45) is 3.27. The van der Waals surface area contributed by atoms with E-state index in [-0.39, 0.29) is 5.69 Å². The number of carboxylic acids is 1. The summed E-state index contributed by atoms with van der Waals surface area (Å²) in [5.74, 6) is -1.03. The van der Waals surface area contributed by atoms with E-state index in [0.717, 1.165) is 0 Å². The molecule has 6 heteroatoms. The van der Waals surface area contributed by atoms with E-state index in [9.17, 15) is 4.79 Å². The predicted octanol–water partition coefficient (Wildman–Crippen LogP) is 1.03. The molecule has 13 heavy (non-hydrogen) atoms. The maximum absolute atomic E-state index is 10.7. The Morgan fingerprint density at radius 2 is 2.38 bits per heavy atom. The van der Waals surface area contributed by atoms with Gasteiger partial charge in [0.25, 0.3) is 0 Å². The van der Waals surface area contributed by atoms with Crippen LogP contribution in [0.1, 0.15) is 10.5 Å². The minimum Gasteiger partial charge on any atom is -0.476 e. The van der Waals surface area contributed by atoms with Gasteiger partial charge in [0.05, 0.1) is 3.57 Å². The van der Waals surface area contributed by atoms with Crippen molar-refractivity contribution in [3.05, 3.63) is 27.7 Å². The smallest absolute Gasteiger partial charge is 0.357 e. The molecule has 0 aliphatic carbocycles. The van der Waals surface area contributed by atoms with Crippen molar-refractivity contribution in [2.75, 3.05) is 0 Å². The Morgan fingerprint density at radius 3 is 3.00 bits per heavy atom. The van der Waals surface area contributed by atoms with Gasteiger partial charge in [0, 0.05) is 12.4 Å². The number of nitrogens with zero attached hydrogens (tertiary/aromatic N) is 3. The Morgan fingerprint density at radius 1 is 1.62 bits per heavy atom. The van der Waals surface area contributed by atoms with Crippen molar-refractivity contribution < 1.29 is 9.90 Å². The molecule has 0 spiro atoms. The summed E-state index contributed by atoms with van der Waals surface area (Å²) in [6.45, 7) is 0. The number of carbonyl (C=O) groups is 1. The van der Waals surface area contributed by atoms with Gasteiger partial charge >= 0.3 is 5.97 Å². The topological polar surface area (TPSA) is 67.5 Å². The molecule has 0 aliphatic rings. The van der Waals surface area contributed by atoms with Gasteiger partial charge in [0.15, 0.2) is 11.3 Å². The molecular formula is C7H4IN3O2. The lowest BCUT2D eigenvalue weighted by Gasteiger charge is -1.87. The summed E-state index contributed by atoms with van der Waals surface area (Å²) in [5, 5.41) is 12.6. The SMILES string of the molecule is O=C(O)c1nn2cccnc2c1I. The first-order chi connectivity index (χ1) is 6.20. The molecule has 2 aromatic rings. The molecule has 0 radical (unpaired) electrons. The van der Waals surface area contributed by atoms with E-state index in [2.05, 4.69) is 10.1 Å². The number of fused-ring (bicyclic) bond motifs is 1. The van der Waals surface area contributed by atoms with E-state index in [4.69, 9.17) is 5.11 Å². The number of halogens is 1. The molecule has 66 valence electrons. The molecule has 2 heterocycles. The quantitative estimate of drug-likeness (QED) is 0.796. The van der Waals surface area contributed by atoms with E-state index in [1.807, 2.05) is 22.6 Å². The lowest BCUT2D eigenvalue weighted by Crippen LogP contribution is -1.99. The fourth-order valence-electron chi connectivity index (χ4n) is 0.996. The number of hydrogen-bond donors (Lipinski definition) is 1. The molecule has 0 saturated heterocycles. The maximum atomic E-state index is 10.7. The zero-order chi connectivity index (χ0) is 9.42. The first-order valence-electron chi connectivity index (χ1n) is 3.42. The molecule has 0 aromatic carbocycles. The lowest BCUT2D eigenvalue weighted by atomic mass is 10.4. The number of aromatic carboxylic acids is 1. The van der Waals surface area contributed by atoms with Gasteiger partial charge in [-0.15, -0.1) is 0 Å². The lowest BCUT2D eigenvalue weighted by molar-refractivity contribution is 0.0689. The van der Waals surface area contributed by atoms with Crippen LogP contribution >= 0.6 is 22.6 Å². The summed E-state index contributed by atoms with van der Waals surface area (Å²) in [5.41, 5.74) is 0.611. The van der Waals surface area contributed by atoms with Crippen LogP contribution in [-0.2, 0) is 0 Å². The Labute approximate surface area is 86.5 Å². The van der Waals surface area contributed by atoms with E-state index in [1.54, 1.807) is 18.5 Å². The largest absolute Gasteiger partial charge is 0.476 e. The Bertz CT molecular complexity index is 480. The molecule has 2 aromatic heterocycles. The van der Waals surface area contributed by atoms with Crippen LogP contribution in [0.25, 0.3) is 5.65 Å². The van der Waals surface area contributed by atoms with Crippen LogP contribution in [0.2, 0.25) is 0 Å². The average Bonchev–Trinajstić information content (AvgIpc) is 2.45. The van der Waals surface area contributed by atoms with Gasteiger partial charge in [-0.25, -0.2) is 14.3 Å². The molecule has 0 bridgehead atoms. The third-order valence-corrected chi connectivity index (χ3v) is 2.54. The zero-order valence-electron chi connectivity index (χ0n) is 6.31. The van der Waals surface area contributed by atoms with Gasteiger partial charge in [-0.2, -0.15) is 5.10 Å². The monoisotopic (exact) mass is 289 g/mol. The van der Waals surface area contributed by atoms with Gasteiger partial charge in [0.2, 0.25) is 0 Å². The van der Waals surface area contributed by atoms with Crippen molar-refractivity contribution in [1.29, 1.82) is 0 Å². The minimum atomic E-state index is -1.03. The van der Waals surface area contributed by atoms with E-state index >= 15 is 0 Å². The molecule has 0 aliphatic heterocycles. The molecular weight excluding hydrogens is 285 g/mol. The summed E-state index contributed by atoms with van der Waals surface area (Å²) < 4.78 is 2.01. The van der Waals surface area contributed by atoms with Gasteiger partial charge in [-0.3, -0.25) is 0 Å². The summed E-state index contributed by atoms with van der Waals surface area (Å²) >= 11 is 1.92. The molecule has 5 nitrogen and oxygen atoms in total. The Hall–Kier alpha value is -1.18. The molecule has 0 fully saturated rings. The second kappa shape index (κ2) is 2.95. The van der Waals surface area contributed by atoms with Crippen molar-refractivity contribution in [2.24, 2.45) is 0 Å². The maximum Gasteiger partial charge on any atom is 0.357 e. The van der Waals surface area contributed by atoms with Crippen molar-refractivity contribution in [1.82, 2.24) is 14.6 Å². The van der Waals surface area contributed by atoms with Crippen LogP contribution in [0.15, 0.2) is 18.5 Å². The fourth-order valence-corrected chi connectivity index (χ4v) is 1.72. The number of carboxylic acid groups (broad SMARTS) is 1. The van der Waals surface area contributed by atoms with Crippen molar-refractivity contribution >= 4 is 34.2 Å². The van der Waals surface area contributed by atoms with Crippen LogP contribution in [0.3, 0.4) is 0 Å². The summed E-state index contributed by atoms with van der Waals surface area (Å²) in [7, 11) is 0. The van der Waals surface area contributed by atoms with Crippen LogP contribution in [0.4, 0.5) is 0 Å². The third-order valence-electron chi connectivity index (χ3n) is 1.54. The van der Waals surface area contributed by atoms with Gasteiger partial charge < -0.3 is 5.11 Å². The summed E-state index contributed by atoms with van der Waals surface area (Å²) in [6, 6.07) is 1.70. The van der Waals surface area contributed by atoms with E-state index in [0.29, 0.717) is 9.22 Å². The highest BCUT2D eigenvalue weighted by molar-refractivity contribution is 14.1. The molecule has 0 amide bonds. The first kappa shape index (κ1) is 8.42. The minimum absolute atomic E-state index is 0.0410. The van der Waals surface area contributed by atoms with Crippen molar-refractivity contribution in [2.45, 2.75) is 0 Å². The van der Waals surface area contributed by atoms with Crippen molar-refractivity contribution in [3.63, 3.8) is 0 Å². The van der Waals surface area contributed by atoms with Crippen LogP contribution in [-0.4, -0.2) is 25.7 Å². The predicted molar refractivity (Wildman–Crippen MR) is 52.7 cm³/mol. The number of rotatable bonds is 1. The second-order valence-corrected chi connectivity index (χ2v) is 3.43. The highest BCUT2D eigenvalue weighted by Crippen LogP contribution is 2.15. The first-order valence-corrected chi connectivity index (χ1v) is 4.50.